The molecule has 6 heteroatoms. The van der Waals surface area contributed by atoms with Crippen molar-refractivity contribution < 1.29 is 4.79 Å². The Morgan fingerprint density at radius 1 is 1.31 bits per heavy atom. The molecular weight excluding hydrogens is 206 g/mol. The molecule has 0 bridgehead atoms. The number of rotatable bonds is 3. The van der Waals surface area contributed by atoms with Crippen LogP contribution in [0.1, 0.15) is 16.1 Å². The second-order valence-electron chi connectivity index (χ2n) is 3.25. The third-order valence-corrected chi connectivity index (χ3v) is 2.23. The van der Waals surface area contributed by atoms with Gasteiger partial charge in [0.15, 0.2) is 0 Å². The lowest BCUT2D eigenvalue weighted by Crippen LogP contribution is -2.11. The van der Waals surface area contributed by atoms with Crippen molar-refractivity contribution in [3.8, 4) is 5.69 Å². The number of amides is 1. The molecule has 0 aliphatic rings. The highest BCUT2D eigenvalue weighted by molar-refractivity contribution is 5.92. The van der Waals surface area contributed by atoms with Crippen molar-refractivity contribution in [2.24, 2.45) is 11.5 Å². The lowest BCUT2D eigenvalue weighted by Gasteiger charge is -2.04. The number of primary amides is 1. The minimum absolute atomic E-state index is 0.352. The third kappa shape index (κ3) is 1.78. The monoisotopic (exact) mass is 217 g/mol. The maximum Gasteiger partial charge on any atom is 0.248 e. The summed E-state index contributed by atoms with van der Waals surface area (Å²) in [5, 5.41) is 7.67. The van der Waals surface area contributed by atoms with Gasteiger partial charge in [-0.05, 0) is 24.3 Å². The molecule has 2 rings (SSSR count). The Hall–Kier alpha value is -2.21. The number of hydrogen-bond donors (Lipinski definition) is 2. The number of benzene rings is 1. The van der Waals surface area contributed by atoms with Gasteiger partial charge in [-0.1, -0.05) is 5.21 Å². The summed E-state index contributed by atoms with van der Waals surface area (Å²) in [5.41, 5.74) is 12.7. The fraction of sp³-hybridized carbons (Fsp3) is 0.100. The van der Waals surface area contributed by atoms with Crippen molar-refractivity contribution in [1.82, 2.24) is 15.0 Å². The molecule has 0 aliphatic heterocycles. The van der Waals surface area contributed by atoms with Crippen LogP contribution >= 0.6 is 0 Å². The quantitative estimate of drug-likeness (QED) is 0.745. The molecular formula is C10H11N5O. The van der Waals surface area contributed by atoms with E-state index >= 15 is 0 Å². The van der Waals surface area contributed by atoms with E-state index in [0.29, 0.717) is 12.1 Å². The standard InChI is InChI=1S/C10H11N5O/c11-5-9-6-13-14-15(9)8-3-1-7(2-4-8)10(12)16/h1-4,6H,5,11H2,(H2,12,16). The molecule has 6 nitrogen and oxygen atoms in total. The first kappa shape index (κ1) is 10.3. The predicted molar refractivity (Wildman–Crippen MR) is 57.8 cm³/mol. The molecule has 4 N–H and O–H groups in total. The lowest BCUT2D eigenvalue weighted by atomic mass is 10.2. The van der Waals surface area contributed by atoms with E-state index in [2.05, 4.69) is 10.3 Å². The SMILES string of the molecule is NCc1cnnn1-c1ccc(C(N)=O)cc1. The van der Waals surface area contributed by atoms with Crippen molar-refractivity contribution in [2.45, 2.75) is 6.54 Å². The highest BCUT2D eigenvalue weighted by Crippen LogP contribution is 2.10. The summed E-state index contributed by atoms with van der Waals surface area (Å²) < 4.78 is 1.62. The number of nitrogens with zero attached hydrogens (tertiary/aromatic N) is 3. The molecule has 0 radical (unpaired) electrons. The zero-order valence-electron chi connectivity index (χ0n) is 8.50. The van der Waals surface area contributed by atoms with Crippen LogP contribution < -0.4 is 11.5 Å². The van der Waals surface area contributed by atoms with Crippen LogP contribution in [-0.2, 0) is 6.54 Å². The van der Waals surface area contributed by atoms with Gasteiger partial charge in [-0.25, -0.2) is 4.68 Å². The Balaban J connectivity index is 2.38. The molecule has 0 saturated carbocycles. The second-order valence-corrected chi connectivity index (χ2v) is 3.25. The Morgan fingerprint density at radius 3 is 2.56 bits per heavy atom. The van der Waals surface area contributed by atoms with Crippen molar-refractivity contribution in [3.63, 3.8) is 0 Å². The van der Waals surface area contributed by atoms with Gasteiger partial charge in [0, 0.05) is 12.1 Å². The molecule has 0 aliphatic carbocycles. The maximum absolute atomic E-state index is 10.9. The van der Waals surface area contributed by atoms with Gasteiger partial charge < -0.3 is 11.5 Å². The van der Waals surface area contributed by atoms with E-state index in [-0.39, 0.29) is 0 Å². The summed E-state index contributed by atoms with van der Waals surface area (Å²) in [4.78, 5) is 10.9. The summed E-state index contributed by atoms with van der Waals surface area (Å²) in [6, 6.07) is 6.77. The van der Waals surface area contributed by atoms with Gasteiger partial charge in [-0.15, -0.1) is 5.10 Å². The van der Waals surface area contributed by atoms with E-state index in [4.69, 9.17) is 11.5 Å². The smallest absolute Gasteiger partial charge is 0.248 e. The van der Waals surface area contributed by atoms with Gasteiger partial charge in [-0.3, -0.25) is 4.79 Å². The first-order chi connectivity index (χ1) is 7.72. The Bertz CT molecular complexity index is 502. The zero-order valence-corrected chi connectivity index (χ0v) is 8.50. The average Bonchev–Trinajstić information content (AvgIpc) is 2.77. The van der Waals surface area contributed by atoms with Gasteiger partial charge in [0.2, 0.25) is 5.91 Å². The molecule has 82 valence electrons. The first-order valence-corrected chi connectivity index (χ1v) is 4.72. The second kappa shape index (κ2) is 4.11. The van der Waals surface area contributed by atoms with E-state index < -0.39 is 5.91 Å². The van der Waals surface area contributed by atoms with Crippen LogP contribution in [0.3, 0.4) is 0 Å². The van der Waals surface area contributed by atoms with Crippen molar-refractivity contribution in [3.05, 3.63) is 41.7 Å². The van der Waals surface area contributed by atoms with E-state index in [1.54, 1.807) is 35.1 Å². The van der Waals surface area contributed by atoms with Crippen LogP contribution in [-0.4, -0.2) is 20.9 Å². The van der Waals surface area contributed by atoms with Crippen molar-refractivity contribution in [2.75, 3.05) is 0 Å². The van der Waals surface area contributed by atoms with E-state index in [9.17, 15) is 4.79 Å². The number of nitrogens with two attached hydrogens (primary N) is 2. The maximum atomic E-state index is 10.9. The van der Waals surface area contributed by atoms with E-state index in [1.807, 2.05) is 0 Å². The number of hydrogen-bond acceptors (Lipinski definition) is 4. The number of aromatic nitrogens is 3. The Labute approximate surface area is 91.9 Å². The molecule has 0 saturated heterocycles. The van der Waals surface area contributed by atoms with Gasteiger partial charge >= 0.3 is 0 Å². The molecule has 1 aromatic carbocycles. The van der Waals surface area contributed by atoms with E-state index in [0.717, 1.165) is 11.4 Å². The first-order valence-electron chi connectivity index (χ1n) is 4.72. The molecule has 1 aromatic heterocycles. The molecule has 0 spiro atoms. The summed E-state index contributed by atoms with van der Waals surface area (Å²) in [5.74, 6) is -0.454. The molecule has 0 unspecified atom stereocenters. The van der Waals surface area contributed by atoms with Crippen LogP contribution in [0.4, 0.5) is 0 Å². The van der Waals surface area contributed by atoms with Crippen LogP contribution in [0.15, 0.2) is 30.5 Å². The molecule has 2 aromatic rings. The fourth-order valence-corrected chi connectivity index (χ4v) is 1.38. The van der Waals surface area contributed by atoms with E-state index in [1.165, 1.54) is 0 Å². The highest BCUT2D eigenvalue weighted by atomic mass is 16.1. The number of carbonyl (C=O) groups is 1. The summed E-state index contributed by atoms with van der Waals surface area (Å²) in [6.45, 7) is 0.352. The minimum atomic E-state index is -0.454. The van der Waals surface area contributed by atoms with Gasteiger partial charge in [0.1, 0.15) is 0 Å². The van der Waals surface area contributed by atoms with Crippen LogP contribution in [0.2, 0.25) is 0 Å². The predicted octanol–water partition coefficient (Wildman–Crippen LogP) is -0.175. The van der Waals surface area contributed by atoms with Gasteiger partial charge in [0.25, 0.3) is 0 Å². The van der Waals surface area contributed by atoms with Gasteiger partial charge in [0.05, 0.1) is 17.6 Å². The average molecular weight is 217 g/mol. The molecule has 1 amide bonds. The van der Waals surface area contributed by atoms with Gasteiger partial charge in [-0.2, -0.15) is 0 Å². The van der Waals surface area contributed by atoms with Crippen LogP contribution in [0, 0.1) is 0 Å². The van der Waals surface area contributed by atoms with Crippen LogP contribution in [0.25, 0.3) is 5.69 Å². The summed E-state index contributed by atoms with van der Waals surface area (Å²) >= 11 is 0. The summed E-state index contributed by atoms with van der Waals surface area (Å²) in [7, 11) is 0. The number of carbonyl (C=O) groups excluding carboxylic acids is 1. The van der Waals surface area contributed by atoms with Crippen molar-refractivity contribution >= 4 is 5.91 Å². The minimum Gasteiger partial charge on any atom is -0.366 e. The zero-order chi connectivity index (χ0) is 11.5. The summed E-state index contributed by atoms with van der Waals surface area (Å²) in [6.07, 6.45) is 1.60. The van der Waals surface area contributed by atoms with Crippen LogP contribution in [0.5, 0.6) is 0 Å². The molecule has 0 fully saturated rings. The molecule has 0 atom stereocenters. The molecule has 16 heavy (non-hydrogen) atoms. The topological polar surface area (TPSA) is 99.8 Å². The highest BCUT2D eigenvalue weighted by Gasteiger charge is 2.05. The molecule has 1 heterocycles. The Kier molecular flexibility index (Phi) is 2.65. The third-order valence-electron chi connectivity index (χ3n) is 2.23. The Morgan fingerprint density at radius 2 is 2.00 bits per heavy atom. The lowest BCUT2D eigenvalue weighted by molar-refractivity contribution is 0.100. The fourth-order valence-electron chi connectivity index (χ4n) is 1.38. The largest absolute Gasteiger partial charge is 0.366 e. The normalized spacial score (nSPS) is 10.3. The van der Waals surface area contributed by atoms with Crippen molar-refractivity contribution in [1.29, 1.82) is 0 Å².